The Morgan fingerprint density at radius 3 is 2.61 bits per heavy atom. The number of hydrogen-bond donors (Lipinski definition) is 3. The van der Waals surface area contributed by atoms with Gasteiger partial charge >= 0.3 is 6.01 Å². The summed E-state index contributed by atoms with van der Waals surface area (Å²) < 4.78 is 8.34. The summed E-state index contributed by atoms with van der Waals surface area (Å²) in [5.74, 6) is 0.865. The van der Waals surface area contributed by atoms with Crippen molar-refractivity contribution in [3.8, 4) is 23.0 Å². The smallest absolute Gasteiger partial charge is 0.316 e. The van der Waals surface area contributed by atoms with Gasteiger partial charge in [0.1, 0.15) is 23.5 Å². The highest BCUT2D eigenvalue weighted by atomic mass is 16.5. The summed E-state index contributed by atoms with van der Waals surface area (Å²) in [7, 11) is 0. The first-order chi connectivity index (χ1) is 27.9. The van der Waals surface area contributed by atoms with E-state index in [2.05, 4.69) is 69.8 Å². The number of amides is 2. The van der Waals surface area contributed by atoms with E-state index in [0.29, 0.717) is 42.6 Å². The number of phenols is 1. The molecule has 3 fully saturated rings. The van der Waals surface area contributed by atoms with Crippen molar-refractivity contribution >= 4 is 45.3 Å². The number of rotatable bonds is 9. The summed E-state index contributed by atoms with van der Waals surface area (Å²) in [5, 5.41) is 27.2. The summed E-state index contributed by atoms with van der Waals surface area (Å²) in [4.78, 5) is 43.5. The van der Waals surface area contributed by atoms with Gasteiger partial charge in [-0.3, -0.25) is 14.9 Å². The molecule has 3 atom stereocenters. The average molecular weight is 765 g/mol. The van der Waals surface area contributed by atoms with Crippen molar-refractivity contribution in [2.75, 3.05) is 42.9 Å². The Kier molecular flexibility index (Phi) is 9.12. The number of nitrogens with zero attached hydrogens (tertiary/aromatic N) is 8. The largest absolute Gasteiger partial charge is 0.507 e. The number of phenolic OH excluding ortho intramolecular Hbond substituents is 1. The van der Waals surface area contributed by atoms with Gasteiger partial charge in [0.15, 0.2) is 5.82 Å². The minimum absolute atomic E-state index is 0.0595. The molecule has 0 bridgehead atoms. The lowest BCUT2D eigenvalue weighted by Gasteiger charge is -2.33. The highest BCUT2D eigenvalue weighted by molar-refractivity contribution is 6.09. The Morgan fingerprint density at radius 1 is 0.912 bits per heavy atom. The molecule has 3 saturated heterocycles. The lowest BCUT2D eigenvalue weighted by molar-refractivity contribution is -0.135. The van der Waals surface area contributed by atoms with Gasteiger partial charge in [-0.1, -0.05) is 18.2 Å². The van der Waals surface area contributed by atoms with Gasteiger partial charge in [0.2, 0.25) is 11.8 Å². The number of fused-ring (bicyclic) bond motifs is 6. The minimum Gasteiger partial charge on any atom is -0.507 e. The topological polar surface area (TPSA) is 164 Å². The highest BCUT2D eigenvalue weighted by Crippen LogP contribution is 2.39. The van der Waals surface area contributed by atoms with Crippen molar-refractivity contribution in [2.24, 2.45) is 0 Å². The predicted octanol–water partition coefficient (Wildman–Crippen LogP) is 5.38. The lowest BCUT2D eigenvalue weighted by Crippen LogP contribution is -2.41. The summed E-state index contributed by atoms with van der Waals surface area (Å²) in [6.45, 7) is 4.56. The van der Waals surface area contributed by atoms with Crippen LogP contribution in [0.1, 0.15) is 61.6 Å². The fourth-order valence-corrected chi connectivity index (χ4v) is 9.28. The molecular formula is C43H44N10O4. The molecule has 10 rings (SSSR count). The van der Waals surface area contributed by atoms with Gasteiger partial charge in [-0.05, 0) is 111 Å². The number of hydrogen-bond acceptors (Lipinski definition) is 12. The Balaban J connectivity index is 0.721. The number of imide groups is 1. The van der Waals surface area contributed by atoms with Crippen LogP contribution in [0.2, 0.25) is 0 Å². The number of likely N-dealkylation sites (tertiary alicyclic amines) is 1. The second kappa shape index (κ2) is 14.7. The summed E-state index contributed by atoms with van der Waals surface area (Å²) in [6, 6.07) is 19.9. The number of ether oxygens (including phenoxy) is 1. The minimum atomic E-state index is -0.453. The van der Waals surface area contributed by atoms with E-state index < -0.39 is 6.04 Å². The lowest BCUT2D eigenvalue weighted by atomic mass is 9.91. The zero-order valence-corrected chi connectivity index (χ0v) is 31.5. The van der Waals surface area contributed by atoms with E-state index in [1.54, 1.807) is 18.3 Å². The number of pyridine rings is 1. The summed E-state index contributed by atoms with van der Waals surface area (Å²) >= 11 is 0. The third kappa shape index (κ3) is 6.77. The Bertz CT molecular complexity index is 2480. The monoisotopic (exact) mass is 764 g/mol. The Morgan fingerprint density at radius 2 is 1.77 bits per heavy atom. The van der Waals surface area contributed by atoms with Gasteiger partial charge < -0.3 is 29.5 Å². The molecule has 290 valence electrons. The number of anilines is 2. The normalized spacial score (nSPS) is 21.3. The highest BCUT2D eigenvalue weighted by Gasteiger charge is 2.38. The molecule has 0 radical (unpaired) electrons. The van der Waals surface area contributed by atoms with Crippen molar-refractivity contribution in [1.29, 1.82) is 0 Å². The molecule has 1 unspecified atom stereocenters. The predicted molar refractivity (Wildman–Crippen MR) is 215 cm³/mol. The third-order valence-corrected chi connectivity index (χ3v) is 12.2. The molecule has 2 amide bonds. The maximum absolute atomic E-state index is 12.8. The zero-order valence-electron chi connectivity index (χ0n) is 31.5. The van der Waals surface area contributed by atoms with Crippen molar-refractivity contribution in [1.82, 2.24) is 39.9 Å². The van der Waals surface area contributed by atoms with Crippen LogP contribution >= 0.6 is 0 Å². The van der Waals surface area contributed by atoms with Crippen LogP contribution in [0.15, 0.2) is 79.3 Å². The molecule has 0 saturated carbocycles. The quantitative estimate of drug-likeness (QED) is 0.161. The molecule has 3 N–H and O–H groups in total. The Hall–Kier alpha value is -6.15. The van der Waals surface area contributed by atoms with Gasteiger partial charge in [-0.25, -0.2) is 15.0 Å². The second-order valence-corrected chi connectivity index (χ2v) is 15.7. The number of aromatic nitrogens is 6. The standard InChI is InChI=1S/C43H44N10O4/c54-38-8-2-1-6-32(38)34-21-37-40(50-49-34)45-24-29-20-30(25-52(29)37)57-43-46-22-28(23-47-43)27-13-17-51(18-14-27)16-4-5-26-9-10-35-33(19-26)31-7-3-15-44-41(31)53(35)36-11-12-39(55)48-42(36)56/h1-3,6-10,15,19,21-23,27,29-30,36,54H,4-5,11-14,16-18,20,24-25H2,(H,45,50)(H,48,55,56)/t29-,30+,36?/m1/s1. The van der Waals surface area contributed by atoms with Crippen LogP contribution in [-0.2, 0) is 16.0 Å². The number of nitrogens with one attached hydrogen (secondary N) is 2. The van der Waals surface area contributed by atoms with Crippen molar-refractivity contribution in [3.05, 3.63) is 90.4 Å². The molecule has 0 spiro atoms. The van der Waals surface area contributed by atoms with E-state index in [-0.39, 0.29) is 29.7 Å². The Labute approximate surface area is 329 Å². The van der Waals surface area contributed by atoms with Crippen LogP contribution in [0.4, 0.5) is 11.5 Å². The van der Waals surface area contributed by atoms with Crippen molar-refractivity contribution in [2.45, 2.75) is 69.1 Å². The van der Waals surface area contributed by atoms with E-state index in [1.807, 2.05) is 41.2 Å². The summed E-state index contributed by atoms with van der Waals surface area (Å²) in [5.41, 5.74) is 6.43. The first-order valence-electron chi connectivity index (χ1n) is 20.0. The number of aromatic hydroxyl groups is 1. The average Bonchev–Trinajstić information content (AvgIpc) is 3.80. The van der Waals surface area contributed by atoms with Crippen molar-refractivity contribution < 1.29 is 19.4 Å². The number of para-hydroxylation sites is 1. The number of aryl methyl sites for hydroxylation is 1. The number of carbonyl (C=O) groups is 2. The number of benzene rings is 2. The third-order valence-electron chi connectivity index (χ3n) is 12.2. The van der Waals surface area contributed by atoms with Crippen LogP contribution in [0.25, 0.3) is 33.2 Å². The van der Waals surface area contributed by atoms with Crippen LogP contribution in [0.3, 0.4) is 0 Å². The summed E-state index contributed by atoms with van der Waals surface area (Å²) in [6.07, 6.45) is 11.4. The van der Waals surface area contributed by atoms with Crippen LogP contribution < -0.4 is 20.3 Å². The molecule has 2 aromatic carbocycles. The molecule has 14 nitrogen and oxygen atoms in total. The van der Waals surface area contributed by atoms with E-state index in [9.17, 15) is 14.7 Å². The molecule has 14 heteroatoms. The van der Waals surface area contributed by atoms with Crippen molar-refractivity contribution in [3.63, 3.8) is 0 Å². The molecule has 57 heavy (non-hydrogen) atoms. The zero-order chi connectivity index (χ0) is 38.5. The maximum Gasteiger partial charge on any atom is 0.316 e. The van der Waals surface area contributed by atoms with Gasteiger partial charge in [0.05, 0.1) is 29.5 Å². The van der Waals surface area contributed by atoms with Crippen LogP contribution in [-0.4, -0.2) is 96.4 Å². The fourth-order valence-electron chi connectivity index (χ4n) is 9.28. The van der Waals surface area contributed by atoms with Gasteiger partial charge in [0, 0.05) is 54.3 Å². The van der Waals surface area contributed by atoms with E-state index in [0.717, 1.165) is 91.7 Å². The molecule has 4 aliphatic heterocycles. The maximum atomic E-state index is 12.8. The fraction of sp³-hybridized carbons (Fsp3) is 0.372. The first-order valence-corrected chi connectivity index (χ1v) is 20.0. The molecule has 0 aliphatic carbocycles. The first kappa shape index (κ1) is 35.3. The van der Waals surface area contributed by atoms with Gasteiger partial charge in [-0.2, -0.15) is 0 Å². The molecular weight excluding hydrogens is 721 g/mol. The number of piperidine rings is 2. The molecule has 8 heterocycles. The SMILES string of the molecule is O=C1CCC(n2c3ccc(CCCN4CCC(c5cnc(O[C@H]6C[C@@H]7CNc8nnc(-c9ccccc9O)cc8N7C6)nc5)CC4)cc3c3cccnc32)C(=O)N1. The van der Waals surface area contributed by atoms with Gasteiger partial charge in [0.25, 0.3) is 0 Å². The van der Waals surface area contributed by atoms with E-state index in [4.69, 9.17) is 4.74 Å². The van der Waals surface area contributed by atoms with Gasteiger partial charge in [-0.15, -0.1) is 10.2 Å². The van der Waals surface area contributed by atoms with Crippen LogP contribution in [0.5, 0.6) is 11.8 Å². The van der Waals surface area contributed by atoms with Crippen LogP contribution in [0, 0.1) is 0 Å². The second-order valence-electron chi connectivity index (χ2n) is 15.7. The van der Waals surface area contributed by atoms with E-state index >= 15 is 0 Å². The molecule has 6 aromatic rings. The van der Waals surface area contributed by atoms with E-state index in [1.165, 1.54) is 11.1 Å². The molecule has 4 aromatic heterocycles. The molecule has 4 aliphatic rings. The number of carbonyl (C=O) groups excluding carboxylic acids is 2.